The van der Waals surface area contributed by atoms with Gasteiger partial charge in [-0.2, -0.15) is 5.10 Å². The van der Waals surface area contributed by atoms with Crippen molar-refractivity contribution < 1.29 is 8.83 Å². The molecule has 0 atom stereocenters. The van der Waals surface area contributed by atoms with Crippen LogP contribution in [-0.2, 0) is 6.54 Å². The van der Waals surface area contributed by atoms with Crippen molar-refractivity contribution in [3.05, 3.63) is 41.2 Å². The normalized spacial score (nSPS) is 16.0. The maximum Gasteiger partial charge on any atom is 0.283 e. The first kappa shape index (κ1) is 14.2. The molecule has 0 aliphatic carbocycles. The fraction of sp³-hybridized carbons (Fsp3) is 0.438. The van der Waals surface area contributed by atoms with Crippen LogP contribution in [0, 0.1) is 20.8 Å². The molecule has 0 unspecified atom stereocenters. The molecule has 0 amide bonds. The number of hydrogen-bond donors (Lipinski definition) is 0. The Hall–Kier alpha value is -2.41. The summed E-state index contributed by atoms with van der Waals surface area (Å²) in [6, 6.07) is 4.42. The van der Waals surface area contributed by atoms with Crippen molar-refractivity contribution in [2.75, 3.05) is 13.1 Å². The molecule has 4 heterocycles. The first-order valence-electron chi connectivity index (χ1n) is 7.72. The highest BCUT2D eigenvalue weighted by Crippen LogP contribution is 2.26. The van der Waals surface area contributed by atoms with E-state index >= 15 is 0 Å². The van der Waals surface area contributed by atoms with Gasteiger partial charge >= 0.3 is 0 Å². The van der Waals surface area contributed by atoms with Gasteiger partial charge < -0.3 is 8.83 Å². The average Bonchev–Trinajstić information content (AvgIpc) is 3.15. The van der Waals surface area contributed by atoms with Gasteiger partial charge in [0, 0.05) is 24.3 Å². The van der Waals surface area contributed by atoms with Gasteiger partial charge in [0.15, 0.2) is 5.76 Å². The molecule has 3 aromatic heterocycles. The molecule has 120 valence electrons. The lowest BCUT2D eigenvalue weighted by Crippen LogP contribution is -2.47. The van der Waals surface area contributed by atoms with E-state index in [4.69, 9.17) is 8.83 Å². The minimum atomic E-state index is 0.429. The number of nitrogens with zero attached hydrogens (tertiary/aromatic N) is 5. The summed E-state index contributed by atoms with van der Waals surface area (Å²) in [5.74, 6) is 1.70. The third-order valence-electron chi connectivity index (χ3n) is 4.21. The number of furan rings is 1. The Labute approximate surface area is 133 Å². The van der Waals surface area contributed by atoms with Gasteiger partial charge in [-0.15, -0.1) is 10.2 Å². The monoisotopic (exact) mass is 313 g/mol. The molecule has 1 aliphatic rings. The summed E-state index contributed by atoms with van der Waals surface area (Å²) in [5, 5.41) is 12.7. The van der Waals surface area contributed by atoms with E-state index in [0.717, 1.165) is 24.3 Å². The molecule has 0 spiro atoms. The Bertz CT molecular complexity index is 825. The first-order valence-corrected chi connectivity index (χ1v) is 7.72. The molecule has 7 nitrogen and oxygen atoms in total. The number of hydrogen-bond acceptors (Lipinski definition) is 6. The lowest BCUT2D eigenvalue weighted by molar-refractivity contribution is 0.0802. The average molecular weight is 313 g/mol. The molecular formula is C16H19N5O2. The Morgan fingerprint density at radius 2 is 2.04 bits per heavy atom. The van der Waals surface area contributed by atoms with Crippen molar-refractivity contribution >= 4 is 0 Å². The lowest BCUT2D eigenvalue weighted by atomic mass is 10.1. The summed E-state index contributed by atoms with van der Waals surface area (Å²) in [4.78, 5) is 2.27. The zero-order valence-electron chi connectivity index (χ0n) is 13.5. The molecule has 0 bridgehead atoms. The van der Waals surface area contributed by atoms with Gasteiger partial charge in [0.05, 0.1) is 24.5 Å². The van der Waals surface area contributed by atoms with Gasteiger partial charge in [-0.25, -0.2) is 0 Å². The Balaban J connectivity index is 1.39. The zero-order chi connectivity index (χ0) is 16.0. The van der Waals surface area contributed by atoms with E-state index in [0.29, 0.717) is 30.1 Å². The third kappa shape index (κ3) is 2.57. The summed E-state index contributed by atoms with van der Waals surface area (Å²) in [7, 11) is 0. The summed E-state index contributed by atoms with van der Waals surface area (Å²) in [6.45, 7) is 8.62. The second-order valence-electron chi connectivity index (χ2n) is 6.15. The topological polar surface area (TPSA) is 73.1 Å². The van der Waals surface area contributed by atoms with Crippen molar-refractivity contribution in [1.29, 1.82) is 0 Å². The predicted octanol–water partition coefficient (Wildman–Crippen LogP) is 2.51. The highest BCUT2D eigenvalue weighted by Gasteiger charge is 2.31. The summed E-state index contributed by atoms with van der Waals surface area (Å²) >= 11 is 0. The van der Waals surface area contributed by atoms with Crippen LogP contribution in [0.1, 0.15) is 28.9 Å². The quantitative estimate of drug-likeness (QED) is 0.737. The molecule has 1 fully saturated rings. The number of aryl methyl sites for hydroxylation is 3. The SMILES string of the molecule is Cc1cc(C)n(C2CN(Cc3nnc(-c4occc4C)o3)C2)n1. The molecule has 1 aliphatic heterocycles. The van der Waals surface area contributed by atoms with Gasteiger partial charge in [-0.3, -0.25) is 9.58 Å². The molecule has 23 heavy (non-hydrogen) atoms. The van der Waals surface area contributed by atoms with Gasteiger partial charge in [-0.05, 0) is 32.9 Å². The maximum atomic E-state index is 5.70. The highest BCUT2D eigenvalue weighted by atomic mass is 16.4. The molecule has 4 rings (SSSR count). The molecule has 3 aromatic rings. The number of aromatic nitrogens is 4. The van der Waals surface area contributed by atoms with Crippen LogP contribution in [0.4, 0.5) is 0 Å². The van der Waals surface area contributed by atoms with Crippen molar-refractivity contribution in [2.45, 2.75) is 33.4 Å². The van der Waals surface area contributed by atoms with E-state index in [9.17, 15) is 0 Å². The van der Waals surface area contributed by atoms with Crippen LogP contribution in [0.25, 0.3) is 11.7 Å². The third-order valence-corrected chi connectivity index (χ3v) is 4.21. The molecule has 0 N–H and O–H groups in total. The zero-order valence-corrected chi connectivity index (χ0v) is 13.5. The van der Waals surface area contributed by atoms with E-state index in [2.05, 4.69) is 37.9 Å². The van der Waals surface area contributed by atoms with Gasteiger partial charge in [0.1, 0.15) is 0 Å². The van der Waals surface area contributed by atoms with E-state index in [-0.39, 0.29) is 0 Å². The second-order valence-corrected chi connectivity index (χ2v) is 6.15. The van der Waals surface area contributed by atoms with Crippen LogP contribution >= 0.6 is 0 Å². The van der Waals surface area contributed by atoms with E-state index < -0.39 is 0 Å². The van der Waals surface area contributed by atoms with E-state index in [1.807, 2.05) is 19.9 Å². The minimum Gasteiger partial charge on any atom is -0.459 e. The first-order chi connectivity index (χ1) is 11.1. The van der Waals surface area contributed by atoms with Gasteiger partial charge in [0.25, 0.3) is 5.89 Å². The number of likely N-dealkylation sites (tertiary alicyclic amines) is 1. The van der Waals surface area contributed by atoms with Crippen LogP contribution in [-0.4, -0.2) is 38.0 Å². The predicted molar refractivity (Wildman–Crippen MR) is 82.8 cm³/mol. The van der Waals surface area contributed by atoms with Crippen LogP contribution in [0.3, 0.4) is 0 Å². The fourth-order valence-corrected chi connectivity index (χ4v) is 3.03. The van der Waals surface area contributed by atoms with Crippen molar-refractivity contribution in [3.63, 3.8) is 0 Å². The molecule has 1 saturated heterocycles. The van der Waals surface area contributed by atoms with Crippen molar-refractivity contribution in [2.24, 2.45) is 0 Å². The molecule has 0 radical (unpaired) electrons. The molecule has 7 heteroatoms. The Morgan fingerprint density at radius 1 is 1.22 bits per heavy atom. The summed E-state index contributed by atoms with van der Waals surface area (Å²) in [6.07, 6.45) is 1.63. The van der Waals surface area contributed by atoms with Crippen LogP contribution in [0.15, 0.2) is 27.2 Å². The standard InChI is InChI=1S/C16H19N5O2/c1-10-4-5-22-15(10)16-18-17-14(23-16)9-20-7-13(8-20)21-12(3)6-11(2)19-21/h4-6,13H,7-9H2,1-3H3. The lowest BCUT2D eigenvalue weighted by Gasteiger charge is -2.38. The van der Waals surface area contributed by atoms with Gasteiger partial charge in [0.2, 0.25) is 5.89 Å². The fourth-order valence-electron chi connectivity index (χ4n) is 3.03. The minimum absolute atomic E-state index is 0.429. The highest BCUT2D eigenvalue weighted by molar-refractivity contribution is 5.49. The van der Waals surface area contributed by atoms with Crippen molar-refractivity contribution in [3.8, 4) is 11.7 Å². The Morgan fingerprint density at radius 3 is 2.70 bits per heavy atom. The summed E-state index contributed by atoms with van der Waals surface area (Å²) < 4.78 is 13.2. The molecule has 0 saturated carbocycles. The number of rotatable bonds is 4. The molecule has 0 aromatic carbocycles. The Kier molecular flexibility index (Phi) is 3.30. The smallest absolute Gasteiger partial charge is 0.283 e. The van der Waals surface area contributed by atoms with Crippen LogP contribution < -0.4 is 0 Å². The summed E-state index contributed by atoms with van der Waals surface area (Å²) in [5.41, 5.74) is 3.27. The second kappa shape index (κ2) is 5.34. The van der Waals surface area contributed by atoms with Crippen molar-refractivity contribution in [1.82, 2.24) is 24.9 Å². The van der Waals surface area contributed by atoms with E-state index in [1.54, 1.807) is 6.26 Å². The molecular weight excluding hydrogens is 294 g/mol. The van der Waals surface area contributed by atoms with E-state index in [1.165, 1.54) is 5.69 Å². The largest absolute Gasteiger partial charge is 0.459 e. The maximum absolute atomic E-state index is 5.70. The van der Waals surface area contributed by atoms with Gasteiger partial charge in [-0.1, -0.05) is 0 Å². The van der Waals surface area contributed by atoms with Crippen LogP contribution in [0.2, 0.25) is 0 Å². The van der Waals surface area contributed by atoms with Crippen LogP contribution in [0.5, 0.6) is 0 Å².